The third-order valence-electron chi connectivity index (χ3n) is 3.40. The molecule has 0 unspecified atom stereocenters. The van der Waals surface area contributed by atoms with Gasteiger partial charge in [-0.3, -0.25) is 10.0 Å². The molecule has 1 heterocycles. The van der Waals surface area contributed by atoms with Gasteiger partial charge in [0.05, 0.1) is 5.60 Å². The Morgan fingerprint density at radius 3 is 2.16 bits per heavy atom. The minimum absolute atomic E-state index is 0.595. The molecule has 0 aromatic heterocycles. The van der Waals surface area contributed by atoms with E-state index < -0.39 is 5.60 Å². The zero-order chi connectivity index (χ0) is 14.1. The highest BCUT2D eigenvalue weighted by molar-refractivity contribution is 4.86. The van der Waals surface area contributed by atoms with Gasteiger partial charge < -0.3 is 5.11 Å². The Balaban J connectivity index is 2.01. The predicted octanol–water partition coefficient (Wildman–Crippen LogP) is 3.02. The summed E-state index contributed by atoms with van der Waals surface area (Å²) in [6, 6.07) is 0. The summed E-state index contributed by atoms with van der Waals surface area (Å²) in [5.41, 5.74) is 2.72. The maximum Gasteiger partial charge on any atom is 0.0609 e. The van der Waals surface area contributed by atoms with Crippen LogP contribution in [-0.2, 0) is 0 Å². The van der Waals surface area contributed by atoms with E-state index >= 15 is 0 Å². The van der Waals surface area contributed by atoms with Crippen LogP contribution in [0.15, 0.2) is 12.4 Å². The van der Waals surface area contributed by atoms with E-state index in [1.54, 1.807) is 0 Å². The van der Waals surface area contributed by atoms with Crippen molar-refractivity contribution in [1.29, 1.82) is 0 Å². The summed E-state index contributed by atoms with van der Waals surface area (Å²) in [5.74, 6) is 0. The monoisotopic (exact) mass is 269 g/mol. The SMILES string of the molecule is CCCCCCCCN1C=CN(CCC(C)(C)O)N1. The normalized spacial score (nSPS) is 15.6. The maximum absolute atomic E-state index is 9.70. The van der Waals surface area contributed by atoms with Gasteiger partial charge in [0.1, 0.15) is 0 Å². The largest absolute Gasteiger partial charge is 0.390 e. The molecule has 112 valence electrons. The maximum atomic E-state index is 9.70. The molecule has 0 aromatic carbocycles. The number of hydrogen-bond acceptors (Lipinski definition) is 4. The third kappa shape index (κ3) is 8.11. The summed E-state index contributed by atoms with van der Waals surface area (Å²) in [6.45, 7) is 7.83. The van der Waals surface area contributed by atoms with E-state index in [9.17, 15) is 5.11 Å². The summed E-state index contributed by atoms with van der Waals surface area (Å²) in [4.78, 5) is 0. The highest BCUT2D eigenvalue weighted by Crippen LogP contribution is 2.11. The Bertz CT molecular complexity index is 261. The van der Waals surface area contributed by atoms with Crippen LogP contribution in [0.4, 0.5) is 0 Å². The van der Waals surface area contributed by atoms with E-state index in [0.29, 0.717) is 0 Å². The summed E-state index contributed by atoms with van der Waals surface area (Å²) >= 11 is 0. The molecule has 0 spiro atoms. The molecule has 4 heteroatoms. The van der Waals surface area contributed by atoms with Crippen LogP contribution in [0.25, 0.3) is 0 Å². The van der Waals surface area contributed by atoms with E-state index in [4.69, 9.17) is 0 Å². The molecule has 0 radical (unpaired) electrons. The molecule has 1 rings (SSSR count). The lowest BCUT2D eigenvalue weighted by atomic mass is 10.1. The first-order valence-corrected chi connectivity index (χ1v) is 7.71. The molecular formula is C15H31N3O. The van der Waals surface area contributed by atoms with Crippen LogP contribution in [-0.4, -0.2) is 33.8 Å². The molecule has 0 saturated heterocycles. The lowest BCUT2D eigenvalue weighted by Gasteiger charge is -2.25. The zero-order valence-electron chi connectivity index (χ0n) is 12.9. The van der Waals surface area contributed by atoms with Crippen molar-refractivity contribution >= 4 is 0 Å². The summed E-state index contributed by atoms with van der Waals surface area (Å²) in [7, 11) is 0. The first-order chi connectivity index (χ1) is 9.01. The van der Waals surface area contributed by atoms with E-state index in [0.717, 1.165) is 19.5 Å². The van der Waals surface area contributed by atoms with E-state index in [-0.39, 0.29) is 0 Å². The molecule has 2 N–H and O–H groups in total. The Morgan fingerprint density at radius 1 is 0.947 bits per heavy atom. The molecule has 0 bridgehead atoms. The number of hydrogen-bond donors (Lipinski definition) is 2. The van der Waals surface area contributed by atoms with Crippen molar-refractivity contribution in [2.45, 2.75) is 71.3 Å². The minimum Gasteiger partial charge on any atom is -0.390 e. The fourth-order valence-corrected chi connectivity index (χ4v) is 2.10. The van der Waals surface area contributed by atoms with Crippen LogP contribution in [0, 0.1) is 0 Å². The fourth-order valence-electron chi connectivity index (χ4n) is 2.10. The number of nitrogens with zero attached hydrogens (tertiary/aromatic N) is 2. The van der Waals surface area contributed by atoms with E-state index in [2.05, 4.69) is 23.7 Å². The van der Waals surface area contributed by atoms with Gasteiger partial charge in [-0.05, 0) is 26.7 Å². The van der Waals surface area contributed by atoms with Crippen LogP contribution in [0.3, 0.4) is 0 Å². The number of rotatable bonds is 10. The van der Waals surface area contributed by atoms with Gasteiger partial charge in [-0.25, -0.2) is 0 Å². The first-order valence-electron chi connectivity index (χ1n) is 7.71. The lowest BCUT2D eigenvalue weighted by molar-refractivity contribution is 0.0470. The van der Waals surface area contributed by atoms with Crippen LogP contribution in [0.5, 0.6) is 0 Å². The number of hydrazine groups is 2. The minimum atomic E-state index is -0.595. The van der Waals surface area contributed by atoms with Crippen LogP contribution >= 0.6 is 0 Å². The molecule has 0 fully saturated rings. The predicted molar refractivity (Wildman–Crippen MR) is 80.0 cm³/mol. The number of nitrogens with one attached hydrogen (secondary N) is 1. The molecule has 19 heavy (non-hydrogen) atoms. The Kier molecular flexibility index (Phi) is 7.24. The van der Waals surface area contributed by atoms with Gasteiger partial charge in [0.2, 0.25) is 0 Å². The second-order valence-corrected chi connectivity index (χ2v) is 6.12. The third-order valence-corrected chi connectivity index (χ3v) is 3.40. The molecule has 0 saturated carbocycles. The summed E-state index contributed by atoms with van der Waals surface area (Å²) in [5, 5.41) is 13.9. The Morgan fingerprint density at radius 2 is 1.53 bits per heavy atom. The average molecular weight is 269 g/mol. The lowest BCUT2D eigenvalue weighted by Crippen LogP contribution is -2.41. The molecule has 0 aromatic rings. The van der Waals surface area contributed by atoms with Gasteiger partial charge in [0.15, 0.2) is 0 Å². The van der Waals surface area contributed by atoms with Crippen LogP contribution < -0.4 is 5.53 Å². The summed E-state index contributed by atoms with van der Waals surface area (Å²) < 4.78 is 0. The van der Waals surface area contributed by atoms with Crippen molar-refractivity contribution in [2.75, 3.05) is 13.1 Å². The molecular weight excluding hydrogens is 238 g/mol. The van der Waals surface area contributed by atoms with Gasteiger partial charge in [-0.1, -0.05) is 39.0 Å². The van der Waals surface area contributed by atoms with Crippen molar-refractivity contribution in [1.82, 2.24) is 15.6 Å². The molecule has 0 amide bonds. The van der Waals surface area contributed by atoms with E-state index in [1.165, 1.54) is 38.5 Å². The molecule has 0 atom stereocenters. The van der Waals surface area contributed by atoms with Crippen LogP contribution in [0.2, 0.25) is 0 Å². The van der Waals surface area contributed by atoms with Gasteiger partial charge in [-0.2, -0.15) is 0 Å². The fraction of sp³-hybridized carbons (Fsp3) is 0.867. The standard InChI is InChI=1S/C15H31N3O/c1-4-5-6-7-8-9-11-17-13-14-18(16-17)12-10-15(2,3)19/h13-14,16,19H,4-12H2,1-3H3. The molecule has 4 nitrogen and oxygen atoms in total. The quantitative estimate of drug-likeness (QED) is 0.598. The Labute approximate surface area is 118 Å². The van der Waals surface area contributed by atoms with Crippen molar-refractivity contribution in [3.8, 4) is 0 Å². The highest BCUT2D eigenvalue weighted by atomic mass is 16.3. The van der Waals surface area contributed by atoms with Crippen molar-refractivity contribution in [3.05, 3.63) is 12.4 Å². The highest BCUT2D eigenvalue weighted by Gasteiger charge is 2.16. The molecule has 1 aliphatic rings. The first kappa shape index (κ1) is 16.3. The number of unbranched alkanes of at least 4 members (excludes halogenated alkanes) is 5. The topological polar surface area (TPSA) is 38.7 Å². The number of aliphatic hydroxyl groups is 1. The van der Waals surface area contributed by atoms with Crippen molar-refractivity contribution in [3.63, 3.8) is 0 Å². The molecule has 1 aliphatic heterocycles. The van der Waals surface area contributed by atoms with Gasteiger partial charge in [0, 0.05) is 25.5 Å². The van der Waals surface area contributed by atoms with Crippen LogP contribution in [0.1, 0.15) is 65.7 Å². The second-order valence-electron chi connectivity index (χ2n) is 6.12. The average Bonchev–Trinajstić information content (AvgIpc) is 2.78. The van der Waals surface area contributed by atoms with Crippen molar-refractivity contribution < 1.29 is 5.11 Å². The summed E-state index contributed by atoms with van der Waals surface area (Å²) in [6.07, 6.45) is 12.8. The Hall–Kier alpha value is -0.740. The zero-order valence-corrected chi connectivity index (χ0v) is 12.9. The second kappa shape index (κ2) is 8.43. The molecule has 0 aliphatic carbocycles. The van der Waals surface area contributed by atoms with Gasteiger partial charge in [-0.15, -0.1) is 5.53 Å². The van der Waals surface area contributed by atoms with Crippen molar-refractivity contribution in [2.24, 2.45) is 0 Å². The smallest absolute Gasteiger partial charge is 0.0609 e. The van der Waals surface area contributed by atoms with Gasteiger partial charge in [0.25, 0.3) is 0 Å². The van der Waals surface area contributed by atoms with E-state index in [1.807, 2.05) is 25.1 Å². The van der Waals surface area contributed by atoms with Gasteiger partial charge >= 0.3 is 0 Å².